The summed E-state index contributed by atoms with van der Waals surface area (Å²) in [6, 6.07) is 6.26. The van der Waals surface area contributed by atoms with Gasteiger partial charge < -0.3 is 5.32 Å². The molecule has 1 fully saturated rings. The number of hydrogen-bond donors (Lipinski definition) is 1. The Labute approximate surface area is 112 Å². The number of fused-ring (bicyclic) bond motifs is 1. The molecule has 0 aliphatic heterocycles. The SMILES string of the molecule is Cc1ccc2c(cnn2CCC(=O)NCC2CC2)c1. The monoisotopic (exact) mass is 257 g/mol. The summed E-state index contributed by atoms with van der Waals surface area (Å²) in [5, 5.41) is 8.47. The highest BCUT2D eigenvalue weighted by Gasteiger charge is 2.21. The van der Waals surface area contributed by atoms with Crippen molar-refractivity contribution >= 4 is 16.8 Å². The second-order valence-electron chi connectivity index (χ2n) is 5.43. The van der Waals surface area contributed by atoms with Gasteiger partial charge in [0.1, 0.15) is 0 Å². The maximum Gasteiger partial charge on any atom is 0.221 e. The second kappa shape index (κ2) is 5.03. The fourth-order valence-electron chi connectivity index (χ4n) is 2.26. The molecule has 0 unspecified atom stereocenters. The molecule has 1 aromatic carbocycles. The zero-order chi connectivity index (χ0) is 13.2. The Morgan fingerprint density at radius 1 is 1.47 bits per heavy atom. The standard InChI is InChI=1S/C15H19N3O/c1-11-2-5-14-13(8-11)10-17-18(14)7-6-15(19)16-9-12-3-4-12/h2,5,8,10,12H,3-4,6-7,9H2,1H3,(H,16,19). The highest BCUT2D eigenvalue weighted by molar-refractivity contribution is 5.80. The van der Waals surface area contributed by atoms with Gasteiger partial charge in [-0.2, -0.15) is 5.10 Å². The van der Waals surface area contributed by atoms with Gasteiger partial charge in [-0.1, -0.05) is 11.6 Å². The van der Waals surface area contributed by atoms with E-state index in [9.17, 15) is 4.79 Å². The van der Waals surface area contributed by atoms with E-state index in [1.54, 1.807) is 0 Å². The van der Waals surface area contributed by atoms with E-state index in [2.05, 4.69) is 35.5 Å². The number of aryl methyl sites for hydroxylation is 2. The maximum atomic E-state index is 11.7. The van der Waals surface area contributed by atoms with Gasteiger partial charge in [-0.05, 0) is 37.8 Å². The minimum atomic E-state index is 0.127. The summed E-state index contributed by atoms with van der Waals surface area (Å²) in [6.45, 7) is 3.56. The molecule has 0 spiro atoms. The van der Waals surface area contributed by atoms with Gasteiger partial charge in [0.05, 0.1) is 18.3 Å². The van der Waals surface area contributed by atoms with Crippen LogP contribution in [-0.4, -0.2) is 22.2 Å². The minimum absolute atomic E-state index is 0.127. The van der Waals surface area contributed by atoms with E-state index < -0.39 is 0 Å². The van der Waals surface area contributed by atoms with Crippen LogP contribution in [0.4, 0.5) is 0 Å². The number of nitrogens with zero attached hydrogens (tertiary/aromatic N) is 2. The fraction of sp³-hybridized carbons (Fsp3) is 0.467. The van der Waals surface area contributed by atoms with Crippen molar-refractivity contribution in [1.29, 1.82) is 0 Å². The van der Waals surface area contributed by atoms with Crippen molar-refractivity contribution < 1.29 is 4.79 Å². The molecule has 2 aromatic rings. The smallest absolute Gasteiger partial charge is 0.221 e. The molecule has 0 saturated heterocycles. The Hall–Kier alpha value is -1.84. The third kappa shape index (κ3) is 2.95. The quantitative estimate of drug-likeness (QED) is 0.893. The van der Waals surface area contributed by atoms with Gasteiger partial charge in [-0.25, -0.2) is 0 Å². The molecule has 1 aliphatic carbocycles. The number of carbonyl (C=O) groups is 1. The first-order chi connectivity index (χ1) is 9.22. The lowest BCUT2D eigenvalue weighted by Gasteiger charge is -2.05. The van der Waals surface area contributed by atoms with Crippen molar-refractivity contribution in [3.8, 4) is 0 Å². The van der Waals surface area contributed by atoms with Crippen molar-refractivity contribution in [1.82, 2.24) is 15.1 Å². The number of aromatic nitrogens is 2. The molecule has 1 heterocycles. The summed E-state index contributed by atoms with van der Waals surface area (Å²) in [6.07, 6.45) is 4.90. The molecule has 1 amide bonds. The lowest BCUT2D eigenvalue weighted by atomic mass is 10.2. The molecule has 4 heteroatoms. The van der Waals surface area contributed by atoms with Gasteiger partial charge in [0.2, 0.25) is 5.91 Å². The van der Waals surface area contributed by atoms with Gasteiger partial charge in [0.15, 0.2) is 0 Å². The summed E-state index contributed by atoms with van der Waals surface area (Å²) in [5.41, 5.74) is 2.33. The van der Waals surface area contributed by atoms with Gasteiger partial charge in [-0.3, -0.25) is 9.48 Å². The van der Waals surface area contributed by atoms with Crippen molar-refractivity contribution in [3.63, 3.8) is 0 Å². The van der Waals surface area contributed by atoms with Crippen LogP contribution in [0.25, 0.3) is 10.9 Å². The molecule has 1 saturated carbocycles. The summed E-state index contributed by atoms with van der Waals surface area (Å²) in [4.78, 5) is 11.7. The third-order valence-electron chi connectivity index (χ3n) is 3.63. The Kier molecular flexibility index (Phi) is 3.23. The van der Waals surface area contributed by atoms with Crippen LogP contribution in [0.1, 0.15) is 24.8 Å². The average molecular weight is 257 g/mol. The van der Waals surface area contributed by atoms with Crippen LogP contribution in [0.15, 0.2) is 24.4 Å². The molecule has 0 radical (unpaired) electrons. The lowest BCUT2D eigenvalue weighted by molar-refractivity contribution is -0.121. The third-order valence-corrected chi connectivity index (χ3v) is 3.63. The van der Waals surface area contributed by atoms with Gasteiger partial charge >= 0.3 is 0 Å². The molecule has 0 bridgehead atoms. The van der Waals surface area contributed by atoms with Crippen molar-refractivity contribution in [2.45, 2.75) is 32.7 Å². The van der Waals surface area contributed by atoms with Crippen LogP contribution in [0.5, 0.6) is 0 Å². The first kappa shape index (κ1) is 12.2. The predicted molar refractivity (Wildman–Crippen MR) is 74.8 cm³/mol. The summed E-state index contributed by atoms with van der Waals surface area (Å²) >= 11 is 0. The Morgan fingerprint density at radius 2 is 2.32 bits per heavy atom. The van der Waals surface area contributed by atoms with E-state index in [-0.39, 0.29) is 5.91 Å². The Morgan fingerprint density at radius 3 is 3.11 bits per heavy atom. The summed E-state index contributed by atoms with van der Waals surface area (Å²) in [5.74, 6) is 0.861. The largest absolute Gasteiger partial charge is 0.356 e. The molecule has 1 aliphatic rings. The molecule has 1 aromatic heterocycles. The van der Waals surface area contributed by atoms with E-state index in [1.807, 2.05) is 10.9 Å². The summed E-state index contributed by atoms with van der Waals surface area (Å²) < 4.78 is 1.91. The molecule has 3 rings (SSSR count). The van der Waals surface area contributed by atoms with Crippen LogP contribution in [0.3, 0.4) is 0 Å². The van der Waals surface area contributed by atoms with Crippen molar-refractivity contribution in [2.75, 3.05) is 6.54 Å². The highest BCUT2D eigenvalue weighted by atomic mass is 16.1. The van der Waals surface area contributed by atoms with Crippen LogP contribution < -0.4 is 5.32 Å². The number of benzene rings is 1. The fourth-order valence-corrected chi connectivity index (χ4v) is 2.26. The van der Waals surface area contributed by atoms with E-state index in [0.717, 1.165) is 23.4 Å². The van der Waals surface area contributed by atoms with Gasteiger partial charge in [0, 0.05) is 18.4 Å². The number of amides is 1. The minimum Gasteiger partial charge on any atom is -0.356 e. The molecule has 4 nitrogen and oxygen atoms in total. The molecular formula is C15H19N3O. The van der Waals surface area contributed by atoms with Gasteiger partial charge in [0.25, 0.3) is 0 Å². The number of carbonyl (C=O) groups excluding carboxylic acids is 1. The first-order valence-electron chi connectivity index (χ1n) is 6.91. The predicted octanol–water partition coefficient (Wildman–Crippen LogP) is 2.26. The van der Waals surface area contributed by atoms with Crippen LogP contribution in [0.2, 0.25) is 0 Å². The van der Waals surface area contributed by atoms with E-state index in [1.165, 1.54) is 18.4 Å². The topological polar surface area (TPSA) is 46.9 Å². The highest BCUT2D eigenvalue weighted by Crippen LogP contribution is 2.27. The summed E-state index contributed by atoms with van der Waals surface area (Å²) in [7, 11) is 0. The average Bonchev–Trinajstić information content (AvgIpc) is 3.14. The van der Waals surface area contributed by atoms with Crippen molar-refractivity contribution in [3.05, 3.63) is 30.0 Å². The molecular weight excluding hydrogens is 238 g/mol. The Bertz CT molecular complexity index is 598. The van der Waals surface area contributed by atoms with Crippen LogP contribution in [-0.2, 0) is 11.3 Å². The van der Waals surface area contributed by atoms with E-state index in [0.29, 0.717) is 13.0 Å². The maximum absolute atomic E-state index is 11.7. The molecule has 1 N–H and O–H groups in total. The molecule has 19 heavy (non-hydrogen) atoms. The van der Waals surface area contributed by atoms with Crippen LogP contribution >= 0.6 is 0 Å². The van der Waals surface area contributed by atoms with E-state index >= 15 is 0 Å². The zero-order valence-corrected chi connectivity index (χ0v) is 11.2. The number of nitrogens with one attached hydrogen (secondary N) is 1. The normalized spacial score (nSPS) is 14.8. The second-order valence-corrected chi connectivity index (χ2v) is 5.43. The van der Waals surface area contributed by atoms with Crippen LogP contribution in [0, 0.1) is 12.8 Å². The van der Waals surface area contributed by atoms with Crippen molar-refractivity contribution in [2.24, 2.45) is 5.92 Å². The Balaban J connectivity index is 1.59. The lowest BCUT2D eigenvalue weighted by Crippen LogP contribution is -2.26. The number of rotatable bonds is 5. The first-order valence-corrected chi connectivity index (χ1v) is 6.91. The molecule has 100 valence electrons. The molecule has 0 atom stereocenters. The van der Waals surface area contributed by atoms with Gasteiger partial charge in [-0.15, -0.1) is 0 Å². The van der Waals surface area contributed by atoms with E-state index in [4.69, 9.17) is 0 Å². The number of hydrogen-bond acceptors (Lipinski definition) is 2. The zero-order valence-electron chi connectivity index (χ0n) is 11.2.